The molecule has 0 aromatic heterocycles. The van der Waals surface area contributed by atoms with E-state index in [2.05, 4.69) is 13.0 Å². The first-order valence-corrected chi connectivity index (χ1v) is 6.47. The summed E-state index contributed by atoms with van der Waals surface area (Å²) >= 11 is 0. The largest absolute Gasteiger partial charge is 0.463 e. The average molecular weight is 236 g/mol. The van der Waals surface area contributed by atoms with E-state index < -0.39 is 0 Å². The van der Waals surface area contributed by atoms with E-state index in [1.165, 1.54) is 31.8 Å². The first-order valence-electron chi connectivity index (χ1n) is 6.47. The van der Waals surface area contributed by atoms with E-state index in [1.54, 1.807) is 13.0 Å². The van der Waals surface area contributed by atoms with Crippen LogP contribution < -0.4 is 0 Å². The highest BCUT2D eigenvalue weighted by atomic mass is 16.5. The molecule has 0 saturated carbocycles. The van der Waals surface area contributed by atoms with Gasteiger partial charge in [0.15, 0.2) is 0 Å². The minimum Gasteiger partial charge on any atom is -0.463 e. The lowest BCUT2D eigenvalue weighted by molar-refractivity contribution is -0.137. The van der Waals surface area contributed by atoms with Crippen LogP contribution in [0.3, 0.4) is 0 Å². The summed E-state index contributed by atoms with van der Waals surface area (Å²) in [6, 6.07) is 0. The van der Waals surface area contributed by atoms with Crippen LogP contribution in [-0.4, -0.2) is 12.6 Å². The molecule has 0 rings (SSSR count). The van der Waals surface area contributed by atoms with Crippen molar-refractivity contribution in [1.29, 1.82) is 0 Å². The molecule has 2 heteroatoms. The van der Waals surface area contributed by atoms with Gasteiger partial charge in [0, 0.05) is 6.08 Å². The predicted octanol–water partition coefficient (Wildman–Crippen LogP) is 4.19. The maximum absolute atomic E-state index is 10.9. The molecule has 0 fully saturated rings. The number of carbonyl (C=O) groups is 1. The van der Waals surface area contributed by atoms with E-state index in [4.69, 9.17) is 4.74 Å². The molecule has 0 radical (unpaired) electrons. The number of unbranched alkanes of at least 4 members (excludes halogenated alkanes) is 4. The van der Waals surface area contributed by atoms with E-state index in [9.17, 15) is 4.79 Å². The Hall–Kier alpha value is -1.31. The van der Waals surface area contributed by atoms with Crippen LogP contribution in [0.25, 0.3) is 0 Å². The molecule has 17 heavy (non-hydrogen) atoms. The lowest BCUT2D eigenvalue weighted by Crippen LogP contribution is -1.98. The summed E-state index contributed by atoms with van der Waals surface area (Å²) in [5, 5.41) is 0. The van der Waals surface area contributed by atoms with E-state index in [-0.39, 0.29) is 5.97 Å². The first-order chi connectivity index (χ1) is 8.31. The monoisotopic (exact) mass is 236 g/mol. The summed E-state index contributed by atoms with van der Waals surface area (Å²) in [5.41, 5.74) is 0. The number of esters is 1. The first kappa shape index (κ1) is 15.7. The molecule has 0 bridgehead atoms. The highest BCUT2D eigenvalue weighted by Crippen LogP contribution is 2.02. The Bertz CT molecular complexity index is 262. The maximum Gasteiger partial charge on any atom is 0.330 e. The molecule has 0 aliphatic rings. The van der Waals surface area contributed by atoms with Gasteiger partial charge < -0.3 is 4.74 Å². The van der Waals surface area contributed by atoms with Crippen molar-refractivity contribution >= 4 is 5.97 Å². The van der Waals surface area contributed by atoms with Gasteiger partial charge >= 0.3 is 5.97 Å². The molecule has 0 aromatic carbocycles. The zero-order valence-corrected chi connectivity index (χ0v) is 11.0. The Balaban J connectivity index is 3.52. The second kappa shape index (κ2) is 12.8. The highest BCUT2D eigenvalue weighted by molar-refractivity contribution is 5.82. The molecule has 0 heterocycles. The van der Waals surface area contributed by atoms with Crippen molar-refractivity contribution in [2.75, 3.05) is 6.61 Å². The third-order valence-corrected chi connectivity index (χ3v) is 2.21. The van der Waals surface area contributed by atoms with Gasteiger partial charge in [0.05, 0.1) is 6.61 Å². The van der Waals surface area contributed by atoms with Gasteiger partial charge in [-0.1, -0.05) is 56.6 Å². The van der Waals surface area contributed by atoms with Gasteiger partial charge in [0.25, 0.3) is 0 Å². The summed E-state index contributed by atoms with van der Waals surface area (Å²) in [5.74, 6) is -0.291. The SMILES string of the molecule is CCCCCC\C=C/C=C/C=C\C(=O)OCC. The molecule has 0 N–H and O–H groups in total. The fraction of sp³-hybridized carbons (Fsp3) is 0.533. The standard InChI is InChI=1S/C15H24O2/c1-3-5-6-7-8-9-10-11-12-13-14-15(16)17-4-2/h9-14H,3-8H2,1-2H3/b10-9-,12-11+,14-13-. The van der Waals surface area contributed by atoms with Crippen LogP contribution in [0.15, 0.2) is 36.5 Å². The Morgan fingerprint density at radius 3 is 2.47 bits per heavy atom. The normalized spacial score (nSPS) is 11.9. The van der Waals surface area contributed by atoms with Crippen LogP contribution in [0.2, 0.25) is 0 Å². The molecule has 0 aromatic rings. The number of hydrogen-bond donors (Lipinski definition) is 0. The van der Waals surface area contributed by atoms with Gasteiger partial charge in [-0.15, -0.1) is 0 Å². The Labute approximate surface area is 105 Å². The average Bonchev–Trinajstić information content (AvgIpc) is 2.32. The van der Waals surface area contributed by atoms with Crippen LogP contribution in [0.4, 0.5) is 0 Å². The van der Waals surface area contributed by atoms with Gasteiger partial charge in [0.1, 0.15) is 0 Å². The number of ether oxygens (including phenoxy) is 1. The summed E-state index contributed by atoms with van der Waals surface area (Å²) in [4.78, 5) is 10.9. The molecule has 0 saturated heterocycles. The van der Waals surface area contributed by atoms with Crippen molar-refractivity contribution < 1.29 is 9.53 Å². The minimum absolute atomic E-state index is 0.291. The fourth-order valence-corrected chi connectivity index (χ4v) is 1.32. The summed E-state index contributed by atoms with van der Waals surface area (Å²) < 4.78 is 4.75. The van der Waals surface area contributed by atoms with Crippen molar-refractivity contribution in [3.63, 3.8) is 0 Å². The topological polar surface area (TPSA) is 26.3 Å². The summed E-state index contributed by atoms with van der Waals surface area (Å²) in [7, 11) is 0. The van der Waals surface area contributed by atoms with Crippen molar-refractivity contribution in [2.45, 2.75) is 46.0 Å². The smallest absolute Gasteiger partial charge is 0.330 e. The van der Waals surface area contributed by atoms with Crippen LogP contribution in [-0.2, 0) is 9.53 Å². The molecular formula is C15H24O2. The van der Waals surface area contributed by atoms with Crippen molar-refractivity contribution in [2.24, 2.45) is 0 Å². The molecule has 96 valence electrons. The van der Waals surface area contributed by atoms with Crippen LogP contribution >= 0.6 is 0 Å². The summed E-state index contributed by atoms with van der Waals surface area (Å²) in [6.07, 6.45) is 17.4. The molecule has 0 aliphatic heterocycles. The van der Waals surface area contributed by atoms with Crippen LogP contribution in [0, 0.1) is 0 Å². The van der Waals surface area contributed by atoms with E-state index in [1.807, 2.05) is 18.2 Å². The molecule has 2 nitrogen and oxygen atoms in total. The van der Waals surface area contributed by atoms with Crippen molar-refractivity contribution in [1.82, 2.24) is 0 Å². The Kier molecular flexibility index (Phi) is 11.8. The third-order valence-electron chi connectivity index (χ3n) is 2.21. The molecule has 0 spiro atoms. The second-order valence-electron chi connectivity index (χ2n) is 3.77. The van der Waals surface area contributed by atoms with Crippen LogP contribution in [0.1, 0.15) is 46.0 Å². The lowest BCUT2D eigenvalue weighted by atomic mass is 10.1. The maximum atomic E-state index is 10.9. The molecule has 0 amide bonds. The fourth-order valence-electron chi connectivity index (χ4n) is 1.32. The predicted molar refractivity (Wildman–Crippen MR) is 72.8 cm³/mol. The summed E-state index contributed by atoms with van der Waals surface area (Å²) in [6.45, 7) is 4.43. The molecule has 0 unspecified atom stereocenters. The molecule has 0 aliphatic carbocycles. The van der Waals surface area contributed by atoms with Gasteiger partial charge in [-0.25, -0.2) is 4.79 Å². The number of carbonyl (C=O) groups excluding carboxylic acids is 1. The zero-order chi connectivity index (χ0) is 12.8. The van der Waals surface area contributed by atoms with Gasteiger partial charge in [-0.2, -0.15) is 0 Å². The number of hydrogen-bond acceptors (Lipinski definition) is 2. The third kappa shape index (κ3) is 12.6. The van der Waals surface area contributed by atoms with Crippen molar-refractivity contribution in [3.8, 4) is 0 Å². The minimum atomic E-state index is -0.291. The Morgan fingerprint density at radius 2 is 1.76 bits per heavy atom. The van der Waals surface area contributed by atoms with Crippen molar-refractivity contribution in [3.05, 3.63) is 36.5 Å². The second-order valence-corrected chi connectivity index (χ2v) is 3.77. The number of rotatable bonds is 9. The number of allylic oxidation sites excluding steroid dienone is 5. The quantitative estimate of drug-likeness (QED) is 0.260. The molecule has 0 atom stereocenters. The van der Waals surface area contributed by atoms with Gasteiger partial charge in [0.2, 0.25) is 0 Å². The lowest BCUT2D eigenvalue weighted by Gasteiger charge is -1.93. The Morgan fingerprint density at radius 1 is 1.00 bits per heavy atom. The van der Waals surface area contributed by atoms with Crippen LogP contribution in [0.5, 0.6) is 0 Å². The van der Waals surface area contributed by atoms with E-state index >= 15 is 0 Å². The van der Waals surface area contributed by atoms with Gasteiger partial charge in [-0.05, 0) is 19.8 Å². The van der Waals surface area contributed by atoms with E-state index in [0.29, 0.717) is 6.61 Å². The van der Waals surface area contributed by atoms with Gasteiger partial charge in [-0.3, -0.25) is 0 Å². The highest BCUT2D eigenvalue weighted by Gasteiger charge is 1.89. The molecular weight excluding hydrogens is 212 g/mol. The zero-order valence-electron chi connectivity index (χ0n) is 11.0. The van der Waals surface area contributed by atoms with E-state index in [0.717, 1.165) is 6.42 Å².